The summed E-state index contributed by atoms with van der Waals surface area (Å²) in [5, 5.41) is 0.423. The Morgan fingerprint density at radius 2 is 2.29 bits per heavy atom. The zero-order valence-electron chi connectivity index (χ0n) is 9.45. The van der Waals surface area contributed by atoms with Crippen molar-refractivity contribution in [3.63, 3.8) is 0 Å². The van der Waals surface area contributed by atoms with Gasteiger partial charge in [0, 0.05) is 24.4 Å². The fraction of sp³-hybridized carbons (Fsp3) is 1.00. The number of hydrogen-bond acceptors (Lipinski definition) is 3. The molecule has 1 saturated heterocycles. The topological polar surface area (TPSA) is 29.3 Å². The molecule has 1 aliphatic heterocycles. The SMILES string of the molecule is CC(S)CC(N)CN1CCCC(C)C1. The fourth-order valence-corrected chi connectivity index (χ4v) is 2.57. The van der Waals surface area contributed by atoms with Gasteiger partial charge in [0.25, 0.3) is 0 Å². The molecule has 1 fully saturated rings. The molecular weight excluding hydrogens is 192 g/mol. The van der Waals surface area contributed by atoms with E-state index in [1.165, 1.54) is 25.9 Å². The summed E-state index contributed by atoms with van der Waals surface area (Å²) in [5.41, 5.74) is 6.06. The summed E-state index contributed by atoms with van der Waals surface area (Å²) in [7, 11) is 0. The molecule has 2 N–H and O–H groups in total. The number of hydrogen-bond donors (Lipinski definition) is 2. The number of nitrogens with two attached hydrogens (primary N) is 1. The molecule has 0 amide bonds. The van der Waals surface area contributed by atoms with Crippen molar-refractivity contribution in [2.45, 2.75) is 44.4 Å². The van der Waals surface area contributed by atoms with Crippen LogP contribution in [0.15, 0.2) is 0 Å². The number of likely N-dealkylation sites (tertiary alicyclic amines) is 1. The Bertz CT molecular complexity index is 161. The standard InChI is InChI=1S/C11H24N2S/c1-9-4-3-5-13(7-9)8-11(12)6-10(2)14/h9-11,14H,3-8,12H2,1-2H3. The van der Waals surface area contributed by atoms with Crippen LogP contribution >= 0.6 is 12.6 Å². The molecule has 0 aromatic carbocycles. The first kappa shape index (κ1) is 12.3. The Kier molecular flexibility index (Phi) is 5.28. The van der Waals surface area contributed by atoms with Gasteiger partial charge in [-0.05, 0) is 31.7 Å². The highest BCUT2D eigenvalue weighted by Crippen LogP contribution is 2.16. The Balaban J connectivity index is 2.21. The average molecular weight is 216 g/mol. The van der Waals surface area contributed by atoms with Crippen LogP contribution in [0.4, 0.5) is 0 Å². The third-order valence-electron chi connectivity index (χ3n) is 2.88. The van der Waals surface area contributed by atoms with Crippen LogP contribution in [0.25, 0.3) is 0 Å². The lowest BCUT2D eigenvalue weighted by molar-refractivity contribution is 0.173. The predicted molar refractivity (Wildman–Crippen MR) is 65.9 cm³/mol. The summed E-state index contributed by atoms with van der Waals surface area (Å²) >= 11 is 4.37. The van der Waals surface area contributed by atoms with Gasteiger partial charge in [-0.1, -0.05) is 13.8 Å². The maximum absolute atomic E-state index is 6.06. The van der Waals surface area contributed by atoms with Crippen LogP contribution in [0.5, 0.6) is 0 Å². The van der Waals surface area contributed by atoms with Crippen LogP contribution in [0.2, 0.25) is 0 Å². The summed E-state index contributed by atoms with van der Waals surface area (Å²) < 4.78 is 0. The number of rotatable bonds is 4. The van der Waals surface area contributed by atoms with E-state index in [4.69, 9.17) is 5.73 Å². The zero-order valence-corrected chi connectivity index (χ0v) is 10.3. The molecule has 2 nitrogen and oxygen atoms in total. The maximum atomic E-state index is 6.06. The van der Waals surface area contributed by atoms with E-state index in [1.54, 1.807) is 0 Å². The van der Waals surface area contributed by atoms with Crippen molar-refractivity contribution in [3.8, 4) is 0 Å². The lowest BCUT2D eigenvalue weighted by atomic mass is 9.99. The minimum atomic E-state index is 0.299. The van der Waals surface area contributed by atoms with Gasteiger partial charge in [-0.25, -0.2) is 0 Å². The first-order valence-electron chi connectivity index (χ1n) is 5.74. The van der Waals surface area contributed by atoms with Crippen LogP contribution in [-0.2, 0) is 0 Å². The molecule has 1 heterocycles. The van der Waals surface area contributed by atoms with Crippen LogP contribution in [-0.4, -0.2) is 35.8 Å². The molecule has 0 aromatic heterocycles. The summed E-state index contributed by atoms with van der Waals surface area (Å²) in [5.74, 6) is 0.851. The third kappa shape index (κ3) is 4.67. The normalized spacial score (nSPS) is 28.7. The monoisotopic (exact) mass is 216 g/mol. The number of thiol groups is 1. The molecule has 3 heteroatoms. The second-order valence-electron chi connectivity index (χ2n) is 4.85. The summed E-state index contributed by atoms with van der Waals surface area (Å²) in [6, 6.07) is 0.299. The molecule has 14 heavy (non-hydrogen) atoms. The van der Waals surface area contributed by atoms with E-state index in [-0.39, 0.29) is 0 Å². The van der Waals surface area contributed by atoms with E-state index in [1.807, 2.05) is 0 Å². The van der Waals surface area contributed by atoms with Crippen molar-refractivity contribution in [2.75, 3.05) is 19.6 Å². The van der Waals surface area contributed by atoms with Crippen molar-refractivity contribution in [1.29, 1.82) is 0 Å². The summed E-state index contributed by atoms with van der Waals surface area (Å²) in [6.45, 7) is 7.96. The van der Waals surface area contributed by atoms with Crippen molar-refractivity contribution in [2.24, 2.45) is 11.7 Å². The van der Waals surface area contributed by atoms with Crippen LogP contribution < -0.4 is 5.73 Å². The first-order chi connectivity index (χ1) is 6.58. The predicted octanol–water partition coefficient (Wildman–Crippen LogP) is 1.75. The van der Waals surface area contributed by atoms with Gasteiger partial charge in [0.05, 0.1) is 0 Å². The molecule has 1 aliphatic rings. The molecule has 0 aromatic rings. The van der Waals surface area contributed by atoms with Gasteiger partial charge in [0.1, 0.15) is 0 Å². The minimum absolute atomic E-state index is 0.299. The Hall–Kier alpha value is 0.270. The number of piperidine rings is 1. The fourth-order valence-electron chi connectivity index (χ4n) is 2.30. The molecule has 0 radical (unpaired) electrons. The largest absolute Gasteiger partial charge is 0.327 e. The van der Waals surface area contributed by atoms with Crippen LogP contribution in [0, 0.1) is 5.92 Å². The van der Waals surface area contributed by atoms with Crippen molar-refractivity contribution in [1.82, 2.24) is 4.90 Å². The maximum Gasteiger partial charge on any atom is 0.0178 e. The van der Waals surface area contributed by atoms with Crippen LogP contribution in [0.1, 0.15) is 33.1 Å². The van der Waals surface area contributed by atoms with E-state index < -0.39 is 0 Å². The van der Waals surface area contributed by atoms with E-state index >= 15 is 0 Å². The molecule has 3 atom stereocenters. The molecule has 0 aliphatic carbocycles. The average Bonchev–Trinajstić information content (AvgIpc) is 2.01. The Morgan fingerprint density at radius 1 is 1.57 bits per heavy atom. The van der Waals surface area contributed by atoms with Crippen molar-refractivity contribution < 1.29 is 0 Å². The molecule has 84 valence electrons. The second-order valence-corrected chi connectivity index (χ2v) is 5.73. The van der Waals surface area contributed by atoms with Gasteiger partial charge in [-0.2, -0.15) is 12.6 Å². The lowest BCUT2D eigenvalue weighted by Gasteiger charge is -2.32. The quantitative estimate of drug-likeness (QED) is 0.701. The van der Waals surface area contributed by atoms with Gasteiger partial charge in [-0.15, -0.1) is 0 Å². The second kappa shape index (κ2) is 5.99. The van der Waals surface area contributed by atoms with E-state index in [0.717, 1.165) is 18.9 Å². The molecule has 3 unspecified atom stereocenters. The summed E-state index contributed by atoms with van der Waals surface area (Å²) in [4.78, 5) is 2.51. The van der Waals surface area contributed by atoms with E-state index in [2.05, 4.69) is 31.4 Å². The molecule has 1 rings (SSSR count). The van der Waals surface area contributed by atoms with Gasteiger partial charge in [-0.3, -0.25) is 0 Å². The number of nitrogens with zero attached hydrogens (tertiary/aromatic N) is 1. The molecular formula is C11H24N2S. The first-order valence-corrected chi connectivity index (χ1v) is 6.25. The van der Waals surface area contributed by atoms with Gasteiger partial charge in [0.15, 0.2) is 0 Å². The molecule has 0 bridgehead atoms. The van der Waals surface area contributed by atoms with E-state index in [0.29, 0.717) is 11.3 Å². The highest BCUT2D eigenvalue weighted by atomic mass is 32.1. The molecule has 0 spiro atoms. The minimum Gasteiger partial charge on any atom is -0.327 e. The lowest BCUT2D eigenvalue weighted by Crippen LogP contribution is -2.43. The van der Waals surface area contributed by atoms with Crippen molar-refractivity contribution >= 4 is 12.6 Å². The third-order valence-corrected chi connectivity index (χ3v) is 3.09. The van der Waals surface area contributed by atoms with Gasteiger partial charge in [0.2, 0.25) is 0 Å². The highest BCUT2D eigenvalue weighted by Gasteiger charge is 2.18. The summed E-state index contributed by atoms with van der Waals surface area (Å²) in [6.07, 6.45) is 3.74. The zero-order chi connectivity index (χ0) is 10.6. The van der Waals surface area contributed by atoms with Crippen molar-refractivity contribution in [3.05, 3.63) is 0 Å². The Labute approximate surface area is 93.6 Å². The Morgan fingerprint density at radius 3 is 2.86 bits per heavy atom. The van der Waals surface area contributed by atoms with E-state index in [9.17, 15) is 0 Å². The smallest absolute Gasteiger partial charge is 0.0178 e. The van der Waals surface area contributed by atoms with Gasteiger partial charge >= 0.3 is 0 Å². The highest BCUT2D eigenvalue weighted by molar-refractivity contribution is 7.80. The van der Waals surface area contributed by atoms with Crippen LogP contribution in [0.3, 0.4) is 0 Å². The molecule has 0 saturated carbocycles. The van der Waals surface area contributed by atoms with Gasteiger partial charge < -0.3 is 10.6 Å².